The van der Waals surface area contributed by atoms with E-state index < -0.39 is 0 Å². The van der Waals surface area contributed by atoms with Crippen LogP contribution in [0.15, 0.2) is 42.2 Å². The fourth-order valence-electron chi connectivity index (χ4n) is 3.08. The van der Waals surface area contributed by atoms with E-state index in [-0.39, 0.29) is 0 Å². The van der Waals surface area contributed by atoms with E-state index in [1.807, 2.05) is 17.9 Å². The van der Waals surface area contributed by atoms with Gasteiger partial charge in [-0.25, -0.2) is 4.98 Å². The molecule has 0 bridgehead atoms. The van der Waals surface area contributed by atoms with Gasteiger partial charge in [0, 0.05) is 36.9 Å². The first kappa shape index (κ1) is 17.5. The van der Waals surface area contributed by atoms with Gasteiger partial charge in [-0.2, -0.15) is 0 Å². The minimum Gasteiger partial charge on any atom is -0.379 e. The second-order valence-corrected chi connectivity index (χ2v) is 7.82. The van der Waals surface area contributed by atoms with E-state index in [0.29, 0.717) is 6.04 Å². The highest BCUT2D eigenvalue weighted by Crippen LogP contribution is 2.27. The lowest BCUT2D eigenvalue weighted by Crippen LogP contribution is -2.46. The van der Waals surface area contributed by atoms with Gasteiger partial charge in [0.15, 0.2) is 0 Å². The molecule has 1 saturated heterocycles. The van der Waals surface area contributed by atoms with Gasteiger partial charge in [-0.05, 0) is 30.0 Å². The maximum Gasteiger partial charge on any atom is 0.131 e. The van der Waals surface area contributed by atoms with Gasteiger partial charge >= 0.3 is 0 Å². The average Bonchev–Trinajstić information content (AvgIpc) is 3.18. The van der Waals surface area contributed by atoms with Crippen LogP contribution in [0.3, 0.4) is 0 Å². The molecular formula is C19H20N4OS2. The summed E-state index contributed by atoms with van der Waals surface area (Å²) < 4.78 is 5.48. The fraction of sp³-hybridized carbons (Fsp3) is 0.316. The Morgan fingerprint density at radius 2 is 2.27 bits per heavy atom. The number of anilines is 1. The largest absolute Gasteiger partial charge is 0.379 e. The summed E-state index contributed by atoms with van der Waals surface area (Å²) in [6, 6.07) is 8.80. The average molecular weight is 385 g/mol. The van der Waals surface area contributed by atoms with Crippen LogP contribution in [0, 0.1) is 0 Å². The molecule has 4 rings (SSSR count). The molecule has 26 heavy (non-hydrogen) atoms. The van der Waals surface area contributed by atoms with Crippen molar-refractivity contribution in [3.05, 3.63) is 42.2 Å². The third-order valence-electron chi connectivity index (χ3n) is 4.56. The summed E-state index contributed by atoms with van der Waals surface area (Å²) in [4.78, 5) is 12.9. The first-order valence-corrected chi connectivity index (χ1v) is 9.88. The minimum absolute atomic E-state index is 0.384. The lowest BCUT2D eigenvalue weighted by atomic mass is 10.1. The van der Waals surface area contributed by atoms with E-state index in [1.165, 1.54) is 5.56 Å². The van der Waals surface area contributed by atoms with Gasteiger partial charge in [0.2, 0.25) is 0 Å². The van der Waals surface area contributed by atoms with Crippen LogP contribution >= 0.6 is 23.6 Å². The van der Waals surface area contributed by atoms with Crippen molar-refractivity contribution in [3.8, 4) is 10.4 Å². The SMILES string of the molecule is C[C@H]1COCCN1CC(=S)Nc1cc2cc(-c3cncs3)ccc2cn1. The van der Waals surface area contributed by atoms with Crippen LogP contribution in [0.2, 0.25) is 0 Å². The second-order valence-electron chi connectivity index (χ2n) is 6.44. The summed E-state index contributed by atoms with van der Waals surface area (Å²) in [6.07, 6.45) is 3.78. The number of fused-ring (bicyclic) bond motifs is 1. The van der Waals surface area contributed by atoms with Crippen molar-refractivity contribution in [2.24, 2.45) is 0 Å². The number of ether oxygens (including phenoxy) is 1. The summed E-state index contributed by atoms with van der Waals surface area (Å²) in [6.45, 7) is 5.32. The number of rotatable bonds is 4. The molecular weight excluding hydrogens is 364 g/mol. The normalized spacial score (nSPS) is 18.1. The molecule has 3 aromatic rings. The van der Waals surface area contributed by atoms with Crippen LogP contribution in [-0.2, 0) is 4.74 Å². The summed E-state index contributed by atoms with van der Waals surface area (Å²) in [7, 11) is 0. The van der Waals surface area contributed by atoms with Gasteiger partial charge in [0.25, 0.3) is 0 Å². The number of nitrogens with one attached hydrogen (secondary N) is 1. The summed E-state index contributed by atoms with van der Waals surface area (Å²) in [5, 5.41) is 5.53. The molecule has 1 fully saturated rings. The van der Waals surface area contributed by atoms with Crippen LogP contribution in [0.25, 0.3) is 21.2 Å². The number of hydrogen-bond donors (Lipinski definition) is 1. The van der Waals surface area contributed by atoms with Gasteiger partial charge in [0.1, 0.15) is 5.82 Å². The highest BCUT2D eigenvalue weighted by molar-refractivity contribution is 7.80. The number of aromatic nitrogens is 2. The third-order valence-corrected chi connectivity index (χ3v) is 5.61. The molecule has 2 aromatic heterocycles. The second kappa shape index (κ2) is 7.75. The van der Waals surface area contributed by atoms with Crippen molar-refractivity contribution in [1.29, 1.82) is 0 Å². The molecule has 1 atom stereocenters. The Balaban J connectivity index is 1.50. The highest BCUT2D eigenvalue weighted by atomic mass is 32.1. The first-order valence-electron chi connectivity index (χ1n) is 8.59. The number of thiazole rings is 1. The van der Waals surface area contributed by atoms with E-state index in [9.17, 15) is 0 Å². The van der Waals surface area contributed by atoms with Crippen molar-refractivity contribution in [2.75, 3.05) is 31.6 Å². The van der Waals surface area contributed by atoms with Crippen molar-refractivity contribution >= 4 is 45.1 Å². The zero-order chi connectivity index (χ0) is 17.9. The van der Waals surface area contributed by atoms with E-state index >= 15 is 0 Å². The molecule has 5 nitrogen and oxygen atoms in total. The van der Waals surface area contributed by atoms with Crippen LogP contribution in [0.5, 0.6) is 0 Å². The number of benzene rings is 1. The molecule has 134 valence electrons. The Kier molecular flexibility index (Phi) is 5.21. The molecule has 1 N–H and O–H groups in total. The van der Waals surface area contributed by atoms with E-state index in [2.05, 4.69) is 51.4 Å². The molecule has 0 unspecified atom stereocenters. The molecule has 0 amide bonds. The number of morpholine rings is 1. The highest BCUT2D eigenvalue weighted by Gasteiger charge is 2.19. The van der Waals surface area contributed by atoms with E-state index in [0.717, 1.165) is 52.8 Å². The van der Waals surface area contributed by atoms with Gasteiger partial charge in [0.05, 0.1) is 28.6 Å². The molecule has 0 radical (unpaired) electrons. The molecule has 0 spiro atoms. The molecule has 1 aliphatic heterocycles. The van der Waals surface area contributed by atoms with Crippen molar-refractivity contribution in [1.82, 2.24) is 14.9 Å². The van der Waals surface area contributed by atoms with E-state index in [1.54, 1.807) is 11.3 Å². The standard InChI is InChI=1S/C19H20N4OS2/c1-13-11-24-5-4-23(13)10-19(25)22-18-7-16-6-14(17-9-20-12-26-17)2-3-15(16)8-21-18/h2-3,6-9,12-13H,4-5,10-11H2,1H3,(H,21,22,25)/t13-/m0/s1. The quantitative estimate of drug-likeness (QED) is 0.690. The van der Waals surface area contributed by atoms with Crippen molar-refractivity contribution in [3.63, 3.8) is 0 Å². The lowest BCUT2D eigenvalue weighted by molar-refractivity contribution is 0.00778. The van der Waals surface area contributed by atoms with E-state index in [4.69, 9.17) is 17.0 Å². The van der Waals surface area contributed by atoms with Gasteiger partial charge in [-0.3, -0.25) is 9.88 Å². The smallest absolute Gasteiger partial charge is 0.131 e. The van der Waals surface area contributed by atoms with Crippen molar-refractivity contribution in [2.45, 2.75) is 13.0 Å². The molecule has 3 heterocycles. The maximum atomic E-state index is 5.54. The zero-order valence-corrected chi connectivity index (χ0v) is 16.1. The predicted molar refractivity (Wildman–Crippen MR) is 111 cm³/mol. The fourth-order valence-corrected chi connectivity index (χ4v) is 3.97. The Bertz CT molecular complexity index is 913. The molecule has 0 saturated carbocycles. The monoisotopic (exact) mass is 384 g/mol. The number of hydrogen-bond acceptors (Lipinski definition) is 6. The molecule has 1 aliphatic rings. The number of pyridine rings is 1. The van der Waals surface area contributed by atoms with Crippen LogP contribution in [-0.4, -0.2) is 52.2 Å². The molecule has 0 aliphatic carbocycles. The Hall–Kier alpha value is -1.93. The topological polar surface area (TPSA) is 50.3 Å². The molecule has 1 aromatic carbocycles. The zero-order valence-electron chi connectivity index (χ0n) is 14.5. The van der Waals surface area contributed by atoms with Gasteiger partial charge < -0.3 is 10.1 Å². The lowest BCUT2D eigenvalue weighted by Gasteiger charge is -2.33. The van der Waals surface area contributed by atoms with Gasteiger partial charge in [-0.15, -0.1) is 11.3 Å². The number of nitrogens with zero attached hydrogens (tertiary/aromatic N) is 3. The minimum atomic E-state index is 0.384. The Labute approximate surface area is 162 Å². The van der Waals surface area contributed by atoms with Gasteiger partial charge in [-0.1, -0.05) is 24.4 Å². The van der Waals surface area contributed by atoms with Crippen molar-refractivity contribution < 1.29 is 4.74 Å². The molecule has 7 heteroatoms. The van der Waals surface area contributed by atoms with Crippen LogP contribution < -0.4 is 5.32 Å². The maximum absolute atomic E-state index is 5.54. The third kappa shape index (κ3) is 3.91. The summed E-state index contributed by atoms with van der Waals surface area (Å²) >= 11 is 7.18. The number of thiocarbonyl (C=S) groups is 1. The Morgan fingerprint density at radius 1 is 1.35 bits per heavy atom. The Morgan fingerprint density at radius 3 is 3.08 bits per heavy atom. The van der Waals surface area contributed by atoms with Crippen LogP contribution in [0.4, 0.5) is 5.82 Å². The summed E-state index contributed by atoms with van der Waals surface area (Å²) in [5.41, 5.74) is 3.02. The van der Waals surface area contributed by atoms with Crippen LogP contribution in [0.1, 0.15) is 6.92 Å². The summed E-state index contributed by atoms with van der Waals surface area (Å²) in [5.74, 6) is 0.782. The predicted octanol–water partition coefficient (Wildman–Crippen LogP) is 3.82. The first-order chi connectivity index (χ1) is 12.7.